The maximum absolute atomic E-state index is 12.0. The number of nitrogens with two attached hydrogens (primary N) is 1. The fourth-order valence-electron chi connectivity index (χ4n) is 1.69. The molecule has 2 rings (SSSR count). The van der Waals surface area contributed by atoms with Crippen molar-refractivity contribution in [2.45, 2.75) is 24.5 Å². The van der Waals surface area contributed by atoms with Crippen molar-refractivity contribution >= 4 is 45.1 Å². The summed E-state index contributed by atoms with van der Waals surface area (Å²) < 4.78 is 0.714. The Hall–Kier alpha value is -0.750. The van der Waals surface area contributed by atoms with Gasteiger partial charge in [0.2, 0.25) is 5.91 Å². The minimum absolute atomic E-state index is 0.0349. The Bertz CT molecular complexity index is 421. The quantitative estimate of drug-likeness (QED) is 0.880. The molecule has 1 aliphatic heterocycles. The summed E-state index contributed by atoms with van der Waals surface area (Å²) in [5, 5.41) is 2.88. The molecule has 92 valence electrons. The average Bonchev–Trinajstić information content (AvgIpc) is 2.34. The number of nitrogen functional groups attached to an aromatic ring is 1. The number of anilines is 2. The van der Waals surface area contributed by atoms with E-state index in [1.807, 2.05) is 0 Å². The van der Waals surface area contributed by atoms with E-state index in [1.54, 1.807) is 17.8 Å². The molecule has 2 heterocycles. The van der Waals surface area contributed by atoms with Gasteiger partial charge in [-0.1, -0.05) is 6.42 Å². The monoisotopic (exact) mass is 315 g/mol. The number of nitrogens with zero attached hydrogens (tertiary/aromatic N) is 1. The van der Waals surface area contributed by atoms with E-state index in [0.717, 1.165) is 18.6 Å². The number of nitrogens with one attached hydrogen (secondary N) is 1. The van der Waals surface area contributed by atoms with Crippen LogP contribution in [-0.4, -0.2) is 21.9 Å². The zero-order valence-corrected chi connectivity index (χ0v) is 11.7. The van der Waals surface area contributed by atoms with E-state index in [9.17, 15) is 4.79 Å². The summed E-state index contributed by atoms with van der Waals surface area (Å²) in [6, 6.07) is 1.73. The maximum Gasteiger partial charge on any atom is 0.238 e. The topological polar surface area (TPSA) is 68.0 Å². The fourth-order valence-corrected chi connectivity index (χ4v) is 3.35. The van der Waals surface area contributed by atoms with E-state index in [2.05, 4.69) is 26.2 Å². The fraction of sp³-hybridized carbons (Fsp3) is 0.455. The first-order valence-corrected chi connectivity index (χ1v) is 7.34. The average molecular weight is 316 g/mol. The zero-order valence-electron chi connectivity index (χ0n) is 9.28. The number of carbonyl (C=O) groups is 1. The molecule has 6 heteroatoms. The third kappa shape index (κ3) is 3.35. The van der Waals surface area contributed by atoms with Crippen molar-refractivity contribution in [3.05, 3.63) is 16.7 Å². The summed E-state index contributed by atoms with van der Waals surface area (Å²) in [6.45, 7) is 0. The predicted molar refractivity (Wildman–Crippen MR) is 75.1 cm³/mol. The van der Waals surface area contributed by atoms with Crippen molar-refractivity contribution in [3.63, 3.8) is 0 Å². The van der Waals surface area contributed by atoms with Crippen molar-refractivity contribution in [3.8, 4) is 0 Å². The molecule has 1 aromatic rings. The van der Waals surface area contributed by atoms with Crippen LogP contribution < -0.4 is 11.1 Å². The highest BCUT2D eigenvalue weighted by Gasteiger charge is 2.22. The molecular weight excluding hydrogens is 302 g/mol. The lowest BCUT2D eigenvalue weighted by Gasteiger charge is -2.20. The molecule has 0 saturated carbocycles. The van der Waals surface area contributed by atoms with Crippen LogP contribution in [0.4, 0.5) is 11.5 Å². The Morgan fingerprint density at radius 3 is 3.06 bits per heavy atom. The molecule has 1 aromatic heterocycles. The van der Waals surface area contributed by atoms with E-state index in [4.69, 9.17) is 5.73 Å². The van der Waals surface area contributed by atoms with Crippen LogP contribution in [0.15, 0.2) is 16.7 Å². The second-order valence-electron chi connectivity index (χ2n) is 3.94. The lowest BCUT2D eigenvalue weighted by Crippen LogP contribution is -2.28. The Balaban J connectivity index is 2.02. The Labute approximate surface area is 113 Å². The van der Waals surface area contributed by atoms with E-state index in [0.29, 0.717) is 16.0 Å². The second kappa shape index (κ2) is 5.73. The van der Waals surface area contributed by atoms with Crippen LogP contribution in [-0.2, 0) is 4.79 Å². The zero-order chi connectivity index (χ0) is 12.3. The van der Waals surface area contributed by atoms with Crippen molar-refractivity contribution in [1.29, 1.82) is 0 Å². The molecule has 0 aliphatic carbocycles. The van der Waals surface area contributed by atoms with Crippen molar-refractivity contribution in [1.82, 2.24) is 4.98 Å². The Kier molecular flexibility index (Phi) is 4.28. The number of rotatable bonds is 2. The molecule has 1 amide bonds. The van der Waals surface area contributed by atoms with Gasteiger partial charge in [-0.25, -0.2) is 4.98 Å². The summed E-state index contributed by atoms with van der Waals surface area (Å²) in [5.41, 5.74) is 6.16. The van der Waals surface area contributed by atoms with Gasteiger partial charge in [0.05, 0.1) is 21.6 Å². The van der Waals surface area contributed by atoms with E-state index < -0.39 is 0 Å². The van der Waals surface area contributed by atoms with Crippen molar-refractivity contribution < 1.29 is 4.79 Å². The number of hydrogen-bond acceptors (Lipinski definition) is 4. The summed E-state index contributed by atoms with van der Waals surface area (Å²) in [6.07, 6.45) is 4.82. The molecule has 0 aromatic carbocycles. The van der Waals surface area contributed by atoms with E-state index in [-0.39, 0.29) is 11.2 Å². The van der Waals surface area contributed by atoms with Crippen molar-refractivity contribution in [2.75, 3.05) is 16.8 Å². The number of aromatic nitrogens is 1. The van der Waals surface area contributed by atoms with Gasteiger partial charge in [0.25, 0.3) is 0 Å². The standard InChI is InChI=1S/C11H14BrN3OS/c12-8-5-7(13)6-14-10(8)15-11(16)9-3-1-2-4-17-9/h5-6,9H,1-4,13H2,(H,14,15,16). The van der Waals surface area contributed by atoms with Gasteiger partial charge in [0.1, 0.15) is 5.82 Å². The Morgan fingerprint density at radius 1 is 1.59 bits per heavy atom. The van der Waals surface area contributed by atoms with Gasteiger partial charge < -0.3 is 11.1 Å². The Morgan fingerprint density at radius 2 is 2.41 bits per heavy atom. The minimum atomic E-state index is 0.0349. The molecule has 1 aliphatic rings. The molecule has 1 saturated heterocycles. The molecule has 0 radical (unpaired) electrons. The molecule has 0 spiro atoms. The molecule has 4 nitrogen and oxygen atoms in total. The molecule has 1 unspecified atom stereocenters. The third-order valence-corrected chi connectivity index (χ3v) is 4.56. The molecule has 0 bridgehead atoms. The van der Waals surface area contributed by atoms with E-state index >= 15 is 0 Å². The first kappa shape index (κ1) is 12.7. The number of halogens is 1. The highest BCUT2D eigenvalue weighted by molar-refractivity contribution is 9.10. The third-order valence-electron chi connectivity index (χ3n) is 2.58. The summed E-state index contributed by atoms with van der Waals surface area (Å²) in [7, 11) is 0. The molecular formula is C11H14BrN3OS. The van der Waals surface area contributed by atoms with Crippen LogP contribution in [0.1, 0.15) is 19.3 Å². The van der Waals surface area contributed by atoms with Crippen LogP contribution in [0.3, 0.4) is 0 Å². The first-order valence-electron chi connectivity index (χ1n) is 5.50. The molecule has 1 fully saturated rings. The largest absolute Gasteiger partial charge is 0.397 e. The predicted octanol–water partition coefficient (Wildman–Crippen LogP) is 2.65. The van der Waals surface area contributed by atoms with Crippen LogP contribution in [0.25, 0.3) is 0 Å². The molecule has 17 heavy (non-hydrogen) atoms. The molecule has 3 N–H and O–H groups in total. The summed E-state index contributed by atoms with van der Waals surface area (Å²) in [4.78, 5) is 16.1. The highest BCUT2D eigenvalue weighted by atomic mass is 79.9. The minimum Gasteiger partial charge on any atom is -0.397 e. The van der Waals surface area contributed by atoms with Gasteiger partial charge in [-0.15, -0.1) is 11.8 Å². The normalized spacial score (nSPS) is 19.9. The van der Waals surface area contributed by atoms with Gasteiger partial charge in [-0.3, -0.25) is 4.79 Å². The van der Waals surface area contributed by atoms with Gasteiger partial charge in [0, 0.05) is 0 Å². The SMILES string of the molecule is Nc1cnc(NC(=O)C2CCCCS2)c(Br)c1. The van der Waals surface area contributed by atoms with Crippen LogP contribution in [0, 0.1) is 0 Å². The van der Waals surface area contributed by atoms with Crippen molar-refractivity contribution in [2.24, 2.45) is 0 Å². The van der Waals surface area contributed by atoms with Crippen LogP contribution in [0.5, 0.6) is 0 Å². The number of carbonyl (C=O) groups excluding carboxylic acids is 1. The summed E-state index contributed by atoms with van der Waals surface area (Å²) in [5.74, 6) is 1.64. The second-order valence-corrected chi connectivity index (χ2v) is 6.11. The van der Waals surface area contributed by atoms with Gasteiger partial charge in [0.15, 0.2) is 0 Å². The van der Waals surface area contributed by atoms with Gasteiger partial charge in [-0.05, 0) is 40.6 Å². The van der Waals surface area contributed by atoms with Crippen LogP contribution >= 0.6 is 27.7 Å². The van der Waals surface area contributed by atoms with Crippen LogP contribution in [0.2, 0.25) is 0 Å². The summed E-state index contributed by atoms with van der Waals surface area (Å²) >= 11 is 5.06. The maximum atomic E-state index is 12.0. The van der Waals surface area contributed by atoms with Gasteiger partial charge >= 0.3 is 0 Å². The number of thioether (sulfide) groups is 1. The number of hydrogen-bond donors (Lipinski definition) is 2. The van der Waals surface area contributed by atoms with Gasteiger partial charge in [-0.2, -0.15) is 0 Å². The smallest absolute Gasteiger partial charge is 0.238 e. The molecule has 1 atom stereocenters. The number of amides is 1. The highest BCUT2D eigenvalue weighted by Crippen LogP contribution is 2.27. The lowest BCUT2D eigenvalue weighted by atomic mass is 10.2. The lowest BCUT2D eigenvalue weighted by molar-refractivity contribution is -0.115. The number of pyridine rings is 1. The van der Waals surface area contributed by atoms with E-state index in [1.165, 1.54) is 12.6 Å². The first-order chi connectivity index (χ1) is 8.16.